The summed E-state index contributed by atoms with van der Waals surface area (Å²) in [5.41, 5.74) is -1.60. The van der Waals surface area contributed by atoms with E-state index in [1.807, 2.05) is 0 Å². The highest BCUT2D eigenvalue weighted by atomic mass is 19.4. The number of hydrogen-bond donors (Lipinski definition) is 0. The van der Waals surface area contributed by atoms with Gasteiger partial charge in [-0.1, -0.05) is 0 Å². The van der Waals surface area contributed by atoms with Crippen molar-refractivity contribution in [3.63, 3.8) is 0 Å². The van der Waals surface area contributed by atoms with Gasteiger partial charge in [0, 0.05) is 43.5 Å². The van der Waals surface area contributed by atoms with Gasteiger partial charge in [-0.05, 0) is 30.3 Å². The van der Waals surface area contributed by atoms with Gasteiger partial charge >= 0.3 is 6.18 Å². The standard InChI is InChI=1S/C25H25F5N2O5/c1-34-19-8-16(2-3-18(19)35-13-15-10-23(26,27)11-15)22(33)32-7-5-24(21(12-32)36-14-37-24)20-9-17(4-6-31-20)25(28,29)30/h2-4,6,8-9,15,21H,5,7,10-14H2,1H3. The second-order valence-electron chi connectivity index (χ2n) is 9.54. The van der Waals surface area contributed by atoms with Gasteiger partial charge in [-0.15, -0.1) is 0 Å². The molecule has 7 nitrogen and oxygen atoms in total. The van der Waals surface area contributed by atoms with Crippen LogP contribution in [0, 0.1) is 5.92 Å². The molecule has 2 aromatic rings. The summed E-state index contributed by atoms with van der Waals surface area (Å²) in [5, 5.41) is 0. The third-order valence-corrected chi connectivity index (χ3v) is 7.11. The number of hydrogen-bond acceptors (Lipinski definition) is 6. The summed E-state index contributed by atoms with van der Waals surface area (Å²) >= 11 is 0. The zero-order chi connectivity index (χ0) is 26.4. The van der Waals surface area contributed by atoms with Gasteiger partial charge in [0.25, 0.3) is 5.91 Å². The minimum atomic E-state index is -4.53. The molecule has 1 aromatic carbocycles. The number of fused-ring (bicyclic) bond motifs is 1. The average Bonchev–Trinajstić information content (AvgIpc) is 3.29. The summed E-state index contributed by atoms with van der Waals surface area (Å²) in [6.45, 7) is 0.285. The first kappa shape index (κ1) is 25.7. The molecule has 1 amide bonds. The summed E-state index contributed by atoms with van der Waals surface area (Å²) in [6.07, 6.45) is -4.38. The third kappa shape index (κ3) is 4.96. The lowest BCUT2D eigenvalue weighted by molar-refractivity contribution is -0.138. The Bertz CT molecular complexity index is 1170. The zero-order valence-corrected chi connectivity index (χ0v) is 19.9. The Morgan fingerprint density at radius 3 is 2.68 bits per heavy atom. The Kier molecular flexibility index (Phi) is 6.51. The van der Waals surface area contributed by atoms with Crippen molar-refractivity contribution in [2.75, 3.05) is 33.6 Å². The van der Waals surface area contributed by atoms with Gasteiger partial charge < -0.3 is 23.8 Å². The van der Waals surface area contributed by atoms with Crippen LogP contribution in [0.2, 0.25) is 0 Å². The second-order valence-corrected chi connectivity index (χ2v) is 9.54. The maximum absolute atomic E-state index is 13.3. The van der Waals surface area contributed by atoms with Crippen molar-refractivity contribution in [3.05, 3.63) is 53.3 Å². The highest BCUT2D eigenvalue weighted by Gasteiger charge is 2.53. The Morgan fingerprint density at radius 2 is 1.97 bits per heavy atom. The van der Waals surface area contributed by atoms with Gasteiger partial charge in [-0.2, -0.15) is 13.2 Å². The molecule has 200 valence electrons. The Morgan fingerprint density at radius 1 is 1.19 bits per heavy atom. The van der Waals surface area contributed by atoms with Crippen LogP contribution >= 0.6 is 0 Å². The second kappa shape index (κ2) is 9.39. The number of pyridine rings is 1. The van der Waals surface area contributed by atoms with E-state index in [0.717, 1.165) is 18.3 Å². The number of rotatable bonds is 6. The van der Waals surface area contributed by atoms with Crippen LogP contribution in [0.5, 0.6) is 11.5 Å². The van der Waals surface area contributed by atoms with E-state index >= 15 is 0 Å². The quantitative estimate of drug-likeness (QED) is 0.509. The number of methoxy groups -OCH3 is 1. The van der Waals surface area contributed by atoms with Gasteiger partial charge in [0.05, 0.1) is 31.5 Å². The van der Waals surface area contributed by atoms with E-state index in [2.05, 4.69) is 4.98 Å². The van der Waals surface area contributed by atoms with Crippen molar-refractivity contribution >= 4 is 5.91 Å². The molecule has 3 fully saturated rings. The van der Waals surface area contributed by atoms with E-state index in [-0.39, 0.29) is 69.0 Å². The van der Waals surface area contributed by atoms with E-state index in [4.69, 9.17) is 18.9 Å². The number of ether oxygens (including phenoxy) is 4. The highest BCUT2D eigenvalue weighted by Crippen LogP contribution is 2.44. The Balaban J connectivity index is 1.28. The molecular weight excluding hydrogens is 503 g/mol. The maximum atomic E-state index is 13.3. The first-order valence-corrected chi connectivity index (χ1v) is 11.8. The number of carbonyl (C=O) groups excluding carboxylic acids is 1. The van der Waals surface area contributed by atoms with E-state index in [1.54, 1.807) is 12.1 Å². The van der Waals surface area contributed by atoms with Crippen molar-refractivity contribution in [3.8, 4) is 11.5 Å². The summed E-state index contributed by atoms with van der Waals surface area (Å²) in [4.78, 5) is 18.9. The molecule has 0 spiro atoms. The smallest absolute Gasteiger partial charge is 0.416 e. The molecule has 1 aliphatic carbocycles. The number of halogens is 5. The fraction of sp³-hybridized carbons (Fsp3) is 0.520. The first-order chi connectivity index (χ1) is 17.5. The predicted molar refractivity (Wildman–Crippen MR) is 118 cm³/mol. The van der Waals surface area contributed by atoms with Crippen LogP contribution in [0.25, 0.3) is 0 Å². The van der Waals surface area contributed by atoms with Crippen LogP contribution in [0.1, 0.15) is 40.9 Å². The van der Waals surface area contributed by atoms with Crippen molar-refractivity contribution in [1.82, 2.24) is 9.88 Å². The monoisotopic (exact) mass is 528 g/mol. The number of amides is 1. The topological polar surface area (TPSA) is 70.1 Å². The van der Waals surface area contributed by atoms with E-state index < -0.39 is 29.4 Å². The summed E-state index contributed by atoms with van der Waals surface area (Å²) in [6, 6.07) is 6.48. The average molecular weight is 528 g/mol. The molecule has 3 heterocycles. The maximum Gasteiger partial charge on any atom is 0.416 e. The molecule has 1 aromatic heterocycles. The normalized spacial score (nSPS) is 25.4. The molecule has 0 bridgehead atoms. The molecule has 0 radical (unpaired) electrons. The van der Waals surface area contributed by atoms with E-state index in [1.165, 1.54) is 18.1 Å². The lowest BCUT2D eigenvalue weighted by Crippen LogP contribution is -2.54. The number of likely N-dealkylation sites (tertiary alicyclic amines) is 1. The molecule has 2 unspecified atom stereocenters. The summed E-state index contributed by atoms with van der Waals surface area (Å²) in [5.74, 6) is -2.57. The third-order valence-electron chi connectivity index (χ3n) is 7.11. The Hall–Kier alpha value is -2.99. The molecule has 5 rings (SSSR count). The van der Waals surface area contributed by atoms with Gasteiger partial charge in [0.15, 0.2) is 11.5 Å². The molecule has 2 aliphatic heterocycles. The van der Waals surface area contributed by atoms with Crippen LogP contribution in [-0.2, 0) is 21.3 Å². The summed E-state index contributed by atoms with van der Waals surface area (Å²) in [7, 11) is 1.41. The first-order valence-electron chi connectivity index (χ1n) is 11.8. The lowest BCUT2D eigenvalue weighted by atomic mass is 9.82. The van der Waals surface area contributed by atoms with Crippen LogP contribution in [-0.4, -0.2) is 61.4 Å². The van der Waals surface area contributed by atoms with Crippen molar-refractivity contribution < 1.29 is 45.7 Å². The van der Waals surface area contributed by atoms with Crippen molar-refractivity contribution in [1.29, 1.82) is 0 Å². The molecule has 12 heteroatoms. The SMILES string of the molecule is COc1cc(C(=O)N2CCC3(c4cc(C(F)(F)F)ccn4)OCOC3C2)ccc1OCC1CC(F)(F)C1. The Labute approximate surface area is 209 Å². The predicted octanol–water partition coefficient (Wildman–Crippen LogP) is 4.65. The number of nitrogens with zero attached hydrogens (tertiary/aromatic N) is 2. The highest BCUT2D eigenvalue weighted by molar-refractivity contribution is 5.95. The molecular formula is C25H25F5N2O5. The number of benzene rings is 1. The van der Waals surface area contributed by atoms with Crippen molar-refractivity contribution in [2.45, 2.75) is 43.1 Å². The number of aromatic nitrogens is 1. The van der Waals surface area contributed by atoms with E-state index in [9.17, 15) is 26.7 Å². The molecule has 0 N–H and O–H groups in total. The molecule has 2 saturated heterocycles. The lowest BCUT2D eigenvalue weighted by Gasteiger charge is -2.41. The van der Waals surface area contributed by atoms with Crippen LogP contribution < -0.4 is 9.47 Å². The molecule has 2 atom stereocenters. The van der Waals surface area contributed by atoms with Crippen LogP contribution in [0.3, 0.4) is 0 Å². The minimum Gasteiger partial charge on any atom is -0.493 e. The molecule has 3 aliphatic rings. The number of alkyl halides is 5. The van der Waals surface area contributed by atoms with Gasteiger partial charge in [-0.25, -0.2) is 8.78 Å². The van der Waals surface area contributed by atoms with Crippen LogP contribution in [0.15, 0.2) is 36.5 Å². The number of carbonyl (C=O) groups is 1. The fourth-order valence-corrected chi connectivity index (χ4v) is 5.08. The molecule has 37 heavy (non-hydrogen) atoms. The minimum absolute atomic E-state index is 0.0905. The fourth-order valence-electron chi connectivity index (χ4n) is 5.08. The van der Waals surface area contributed by atoms with Crippen LogP contribution in [0.4, 0.5) is 22.0 Å². The van der Waals surface area contributed by atoms with Gasteiger partial charge in [0.1, 0.15) is 18.5 Å². The number of piperidine rings is 1. The zero-order valence-electron chi connectivity index (χ0n) is 19.9. The molecule has 1 saturated carbocycles. The largest absolute Gasteiger partial charge is 0.493 e. The van der Waals surface area contributed by atoms with Gasteiger partial charge in [0.2, 0.25) is 5.92 Å². The summed E-state index contributed by atoms with van der Waals surface area (Å²) < 4.78 is 88.3. The van der Waals surface area contributed by atoms with Crippen molar-refractivity contribution in [2.24, 2.45) is 5.92 Å². The van der Waals surface area contributed by atoms with E-state index in [0.29, 0.717) is 11.3 Å². The van der Waals surface area contributed by atoms with Gasteiger partial charge in [-0.3, -0.25) is 9.78 Å².